The molecule has 3 rings (SSSR count). The standard InChI is InChI=1S/C13H17N3O3S/c17-11(18)9-5-3-7-16(9)13(19)15-12-14-8-4-1-2-6-10(8)20-12/h9H,1-7H2,(H,17,18)(H,14,15,19)/t9-/m1/s1. The van der Waals surface area contributed by atoms with Crippen molar-refractivity contribution in [1.29, 1.82) is 0 Å². The molecule has 2 amide bonds. The topological polar surface area (TPSA) is 82.5 Å². The Bertz CT molecular complexity index is 519. The van der Waals surface area contributed by atoms with Crippen LogP contribution in [0.25, 0.3) is 0 Å². The normalized spacial score (nSPS) is 21.6. The molecule has 2 aliphatic rings. The number of rotatable bonds is 2. The van der Waals surface area contributed by atoms with E-state index in [4.69, 9.17) is 5.11 Å². The second-order valence-electron chi connectivity index (χ2n) is 5.22. The van der Waals surface area contributed by atoms with Crippen LogP contribution in [-0.2, 0) is 17.6 Å². The lowest BCUT2D eigenvalue weighted by Gasteiger charge is -2.20. The van der Waals surface area contributed by atoms with Gasteiger partial charge in [-0.2, -0.15) is 0 Å². The molecular formula is C13H17N3O3S. The van der Waals surface area contributed by atoms with Gasteiger partial charge in [0.1, 0.15) is 6.04 Å². The molecule has 6 nitrogen and oxygen atoms in total. The van der Waals surface area contributed by atoms with Crippen molar-refractivity contribution in [3.63, 3.8) is 0 Å². The van der Waals surface area contributed by atoms with Crippen molar-refractivity contribution < 1.29 is 14.7 Å². The summed E-state index contributed by atoms with van der Waals surface area (Å²) in [6.45, 7) is 0.494. The molecule has 20 heavy (non-hydrogen) atoms. The fourth-order valence-electron chi connectivity index (χ4n) is 2.84. The average molecular weight is 295 g/mol. The largest absolute Gasteiger partial charge is 0.480 e. The second-order valence-corrected chi connectivity index (χ2v) is 6.30. The fraction of sp³-hybridized carbons (Fsp3) is 0.615. The summed E-state index contributed by atoms with van der Waals surface area (Å²) in [5.74, 6) is -0.934. The van der Waals surface area contributed by atoms with Crippen LogP contribution < -0.4 is 5.32 Å². The van der Waals surface area contributed by atoms with Crippen LogP contribution >= 0.6 is 11.3 Å². The van der Waals surface area contributed by atoms with E-state index >= 15 is 0 Å². The minimum atomic E-state index is -0.934. The minimum absolute atomic E-state index is 0.346. The van der Waals surface area contributed by atoms with E-state index in [1.165, 1.54) is 27.5 Å². The maximum atomic E-state index is 12.2. The molecule has 0 aromatic carbocycles. The summed E-state index contributed by atoms with van der Waals surface area (Å²) in [6.07, 6.45) is 5.59. The van der Waals surface area contributed by atoms with Crippen molar-refractivity contribution in [3.8, 4) is 0 Å². The third-order valence-electron chi connectivity index (χ3n) is 3.86. The average Bonchev–Trinajstić information content (AvgIpc) is 3.04. The molecule has 1 atom stereocenters. The molecule has 1 aliphatic carbocycles. The molecule has 1 aromatic heterocycles. The van der Waals surface area contributed by atoms with Crippen molar-refractivity contribution in [2.75, 3.05) is 11.9 Å². The zero-order chi connectivity index (χ0) is 14.1. The van der Waals surface area contributed by atoms with Crippen molar-refractivity contribution in [2.45, 2.75) is 44.6 Å². The van der Waals surface area contributed by atoms with Gasteiger partial charge in [-0.3, -0.25) is 5.32 Å². The monoisotopic (exact) mass is 295 g/mol. The number of urea groups is 1. The highest BCUT2D eigenvalue weighted by atomic mass is 32.1. The van der Waals surface area contributed by atoms with Gasteiger partial charge in [-0.25, -0.2) is 14.6 Å². The van der Waals surface area contributed by atoms with Crippen molar-refractivity contribution in [1.82, 2.24) is 9.88 Å². The molecule has 2 N–H and O–H groups in total. The van der Waals surface area contributed by atoms with Crippen LogP contribution in [-0.4, -0.2) is 39.6 Å². The van der Waals surface area contributed by atoms with Gasteiger partial charge in [0, 0.05) is 11.4 Å². The molecule has 0 saturated carbocycles. The number of nitrogens with zero attached hydrogens (tertiary/aromatic N) is 2. The van der Waals surface area contributed by atoms with Gasteiger partial charge in [0.15, 0.2) is 5.13 Å². The Morgan fingerprint density at radius 2 is 2.10 bits per heavy atom. The van der Waals surface area contributed by atoms with E-state index in [-0.39, 0.29) is 6.03 Å². The lowest BCUT2D eigenvalue weighted by atomic mass is 10.0. The van der Waals surface area contributed by atoms with E-state index in [0.717, 1.165) is 31.4 Å². The van der Waals surface area contributed by atoms with E-state index in [9.17, 15) is 9.59 Å². The smallest absolute Gasteiger partial charge is 0.326 e. The van der Waals surface area contributed by atoms with Crippen LogP contribution in [0.3, 0.4) is 0 Å². The van der Waals surface area contributed by atoms with Crippen LogP contribution in [0, 0.1) is 0 Å². The van der Waals surface area contributed by atoms with Gasteiger partial charge in [0.25, 0.3) is 0 Å². The van der Waals surface area contributed by atoms with E-state index in [2.05, 4.69) is 10.3 Å². The molecule has 0 bridgehead atoms. The maximum Gasteiger partial charge on any atom is 0.326 e. The molecule has 1 fully saturated rings. The Balaban J connectivity index is 1.69. The van der Waals surface area contributed by atoms with Crippen molar-refractivity contribution in [2.24, 2.45) is 0 Å². The Labute approximate surface area is 120 Å². The summed E-state index contributed by atoms with van der Waals surface area (Å²) in [7, 11) is 0. The summed E-state index contributed by atoms with van der Waals surface area (Å²) >= 11 is 1.51. The van der Waals surface area contributed by atoms with Crippen molar-refractivity contribution >= 4 is 28.5 Å². The first-order valence-electron chi connectivity index (χ1n) is 6.94. The predicted molar refractivity (Wildman–Crippen MR) is 75.1 cm³/mol. The number of carbonyl (C=O) groups excluding carboxylic acids is 1. The molecule has 1 aliphatic heterocycles. The van der Waals surface area contributed by atoms with Crippen molar-refractivity contribution in [3.05, 3.63) is 10.6 Å². The van der Waals surface area contributed by atoms with Crippen LogP contribution in [0.4, 0.5) is 9.93 Å². The molecule has 0 unspecified atom stereocenters. The highest BCUT2D eigenvalue weighted by Gasteiger charge is 2.34. The lowest BCUT2D eigenvalue weighted by Crippen LogP contribution is -2.42. The van der Waals surface area contributed by atoms with Gasteiger partial charge in [-0.15, -0.1) is 11.3 Å². The number of aryl methyl sites for hydroxylation is 2. The SMILES string of the molecule is O=C(O)[C@H]1CCCN1C(=O)Nc1nc2c(s1)CCCC2. The first-order valence-corrected chi connectivity index (χ1v) is 7.76. The number of anilines is 1. The van der Waals surface area contributed by atoms with Gasteiger partial charge in [0.05, 0.1) is 5.69 Å². The number of nitrogens with one attached hydrogen (secondary N) is 1. The molecular weight excluding hydrogens is 278 g/mol. The number of aliphatic carboxylic acids is 1. The van der Waals surface area contributed by atoms with Gasteiger partial charge >= 0.3 is 12.0 Å². The van der Waals surface area contributed by atoms with Gasteiger partial charge < -0.3 is 10.0 Å². The molecule has 7 heteroatoms. The summed E-state index contributed by atoms with van der Waals surface area (Å²) < 4.78 is 0. The van der Waals surface area contributed by atoms with E-state index in [1.807, 2.05) is 0 Å². The quantitative estimate of drug-likeness (QED) is 0.875. The number of thiazole rings is 1. The Kier molecular flexibility index (Phi) is 3.60. The third kappa shape index (κ3) is 2.49. The molecule has 1 saturated heterocycles. The number of carboxylic acid groups (broad SMARTS) is 1. The minimum Gasteiger partial charge on any atom is -0.480 e. The Morgan fingerprint density at radius 1 is 1.30 bits per heavy atom. The second kappa shape index (κ2) is 5.40. The number of hydrogen-bond acceptors (Lipinski definition) is 4. The lowest BCUT2D eigenvalue weighted by molar-refractivity contribution is -0.141. The van der Waals surface area contributed by atoms with Gasteiger partial charge in [-0.1, -0.05) is 0 Å². The molecule has 0 radical (unpaired) electrons. The van der Waals surface area contributed by atoms with Crippen LogP contribution in [0.1, 0.15) is 36.3 Å². The maximum absolute atomic E-state index is 12.2. The Hall–Kier alpha value is -1.63. The summed E-state index contributed by atoms with van der Waals surface area (Å²) in [6, 6.07) is -1.05. The molecule has 0 spiro atoms. The predicted octanol–water partition coefficient (Wildman–Crippen LogP) is 2.10. The first kappa shape index (κ1) is 13.4. The number of amides is 2. The van der Waals surface area contributed by atoms with Crippen LogP contribution in [0.2, 0.25) is 0 Å². The zero-order valence-electron chi connectivity index (χ0n) is 11.1. The number of carbonyl (C=O) groups is 2. The summed E-state index contributed by atoms with van der Waals surface area (Å²) in [5.41, 5.74) is 1.09. The third-order valence-corrected chi connectivity index (χ3v) is 4.93. The molecule has 108 valence electrons. The highest BCUT2D eigenvalue weighted by molar-refractivity contribution is 7.15. The molecule has 2 heterocycles. The number of hydrogen-bond donors (Lipinski definition) is 2. The number of aromatic nitrogens is 1. The zero-order valence-corrected chi connectivity index (χ0v) is 11.9. The number of carboxylic acids is 1. The Morgan fingerprint density at radius 3 is 2.85 bits per heavy atom. The fourth-order valence-corrected chi connectivity index (χ4v) is 3.87. The van der Waals surface area contributed by atoms with Crippen LogP contribution in [0.5, 0.6) is 0 Å². The summed E-state index contributed by atoms with van der Waals surface area (Å²) in [5, 5.41) is 12.4. The molecule has 1 aromatic rings. The van der Waals surface area contributed by atoms with Gasteiger partial charge in [-0.05, 0) is 38.5 Å². The van der Waals surface area contributed by atoms with E-state index in [1.54, 1.807) is 0 Å². The highest BCUT2D eigenvalue weighted by Crippen LogP contribution is 2.30. The van der Waals surface area contributed by atoms with E-state index < -0.39 is 12.0 Å². The number of fused-ring (bicyclic) bond motifs is 1. The number of likely N-dealkylation sites (tertiary alicyclic amines) is 1. The van der Waals surface area contributed by atoms with Crippen LogP contribution in [0.15, 0.2) is 0 Å². The van der Waals surface area contributed by atoms with E-state index in [0.29, 0.717) is 18.1 Å². The first-order chi connectivity index (χ1) is 9.65. The summed E-state index contributed by atoms with van der Waals surface area (Å²) in [4.78, 5) is 30.3. The van der Waals surface area contributed by atoms with Gasteiger partial charge in [0.2, 0.25) is 0 Å².